The first-order valence-corrected chi connectivity index (χ1v) is 12.4. The minimum Gasteiger partial charge on any atom is -0.486 e. The van der Waals surface area contributed by atoms with E-state index < -0.39 is 5.41 Å². The summed E-state index contributed by atoms with van der Waals surface area (Å²) in [5.74, 6) is 1.18. The predicted octanol–water partition coefficient (Wildman–Crippen LogP) is 7.30. The molecule has 0 unspecified atom stereocenters. The summed E-state index contributed by atoms with van der Waals surface area (Å²) in [4.78, 5) is 11.8. The Morgan fingerprint density at radius 2 is 1.41 bits per heavy atom. The Labute approximate surface area is 197 Å². The van der Waals surface area contributed by atoms with Crippen LogP contribution in [0.1, 0.15) is 97.8 Å². The summed E-state index contributed by atoms with van der Waals surface area (Å²) in [5.41, 5.74) is 2.39. The third kappa shape index (κ3) is 7.43. The Hall–Kier alpha value is -2.22. The Balaban J connectivity index is 0. The molecule has 0 bridgehead atoms. The summed E-state index contributed by atoms with van der Waals surface area (Å²) in [6, 6.07) is 4.60. The number of benzene rings is 1. The Morgan fingerprint density at radius 3 is 1.84 bits per heavy atom. The average Bonchev–Trinajstić information content (AvgIpc) is 2.88. The smallest absolute Gasteiger partial charge is 0.308 e. The van der Waals surface area contributed by atoms with Crippen molar-refractivity contribution in [1.82, 2.24) is 0 Å². The number of methoxy groups -OCH3 is 1. The van der Waals surface area contributed by atoms with Gasteiger partial charge in [0.25, 0.3) is 0 Å². The molecule has 2 aliphatic rings. The molecule has 0 spiro atoms. The van der Waals surface area contributed by atoms with E-state index in [-0.39, 0.29) is 11.9 Å². The van der Waals surface area contributed by atoms with Crippen molar-refractivity contribution in [3.63, 3.8) is 0 Å². The largest absolute Gasteiger partial charge is 0.486 e. The van der Waals surface area contributed by atoms with Gasteiger partial charge in [-0.15, -0.1) is 0 Å². The summed E-state index contributed by atoms with van der Waals surface area (Å²) in [6.07, 6.45) is 2.57. The quantitative estimate of drug-likeness (QED) is 0.443. The van der Waals surface area contributed by atoms with Gasteiger partial charge in [0, 0.05) is 5.56 Å². The lowest BCUT2D eigenvalue weighted by Gasteiger charge is -2.37. The van der Waals surface area contributed by atoms with E-state index >= 15 is 0 Å². The number of hydrogen-bond donors (Lipinski definition) is 0. The number of hydrogen-bond acceptors (Lipinski definition) is 5. The van der Waals surface area contributed by atoms with Gasteiger partial charge in [-0.2, -0.15) is 5.26 Å². The molecule has 1 aliphatic carbocycles. The number of nitriles is 1. The molecule has 0 N–H and O–H groups in total. The summed E-state index contributed by atoms with van der Waals surface area (Å²) < 4.78 is 16.6. The highest BCUT2D eigenvalue weighted by Gasteiger charge is 2.43. The van der Waals surface area contributed by atoms with Crippen molar-refractivity contribution in [3.05, 3.63) is 22.8 Å². The number of nitrogens with zero attached hydrogens (tertiary/aromatic N) is 1. The summed E-state index contributed by atoms with van der Waals surface area (Å²) in [5, 5.41) is 10.0. The number of aryl methyl sites for hydroxylation is 2. The van der Waals surface area contributed by atoms with Gasteiger partial charge < -0.3 is 14.2 Å². The highest BCUT2D eigenvalue weighted by molar-refractivity contribution is 5.72. The van der Waals surface area contributed by atoms with Crippen LogP contribution in [0.15, 0.2) is 6.07 Å². The molecule has 0 amide bonds. The molecule has 1 aliphatic heterocycles. The minimum atomic E-state index is -0.632. The highest BCUT2D eigenvalue weighted by Crippen LogP contribution is 2.50. The summed E-state index contributed by atoms with van der Waals surface area (Å²) in [6.45, 7) is 21.0. The molecular weight excluding hydrogens is 402 g/mol. The lowest BCUT2D eigenvalue weighted by Crippen LogP contribution is -2.35. The van der Waals surface area contributed by atoms with E-state index in [1.165, 1.54) is 7.11 Å². The van der Waals surface area contributed by atoms with E-state index in [9.17, 15) is 10.1 Å². The van der Waals surface area contributed by atoms with Gasteiger partial charge in [0.05, 0.1) is 24.5 Å². The second kappa shape index (κ2) is 17.3. The van der Waals surface area contributed by atoms with Crippen LogP contribution in [0, 0.1) is 31.1 Å². The fourth-order valence-corrected chi connectivity index (χ4v) is 4.06. The second-order valence-electron chi connectivity index (χ2n) is 6.73. The molecule has 5 heteroatoms. The molecule has 1 saturated carbocycles. The highest BCUT2D eigenvalue weighted by atomic mass is 16.6. The summed E-state index contributed by atoms with van der Waals surface area (Å²) in [7, 11) is 1.42. The van der Waals surface area contributed by atoms with Crippen LogP contribution >= 0.6 is 0 Å². The van der Waals surface area contributed by atoms with Gasteiger partial charge in [-0.3, -0.25) is 4.79 Å². The maximum atomic E-state index is 11.8. The van der Waals surface area contributed by atoms with Crippen molar-refractivity contribution >= 4 is 5.97 Å². The van der Waals surface area contributed by atoms with Crippen molar-refractivity contribution < 1.29 is 19.0 Å². The van der Waals surface area contributed by atoms with E-state index in [1.54, 1.807) is 0 Å². The van der Waals surface area contributed by atoms with Crippen LogP contribution in [0.25, 0.3) is 0 Å². The van der Waals surface area contributed by atoms with Crippen LogP contribution in [0.5, 0.6) is 11.5 Å². The third-order valence-corrected chi connectivity index (χ3v) is 5.26. The van der Waals surface area contributed by atoms with E-state index in [1.807, 2.05) is 69.2 Å². The molecular formula is C27H47NO4. The van der Waals surface area contributed by atoms with Gasteiger partial charge in [-0.25, -0.2) is 0 Å². The standard InChI is InChI=1S/C19H23NO4.4C2H6/c1-12-10-13(2)16-17(24-9-8-23-16)15(12)19(11-20)6-4-14(5-7-19)18(21)22-3;4*1-2/h10,14H,4-9H2,1-3H3;4*1-2H3. The Bertz CT molecular complexity index is 699. The number of ether oxygens (including phenoxy) is 3. The first-order chi connectivity index (χ1) is 15.5. The first-order valence-electron chi connectivity index (χ1n) is 12.4. The molecule has 1 aromatic rings. The Kier molecular flexibility index (Phi) is 17.3. The number of fused-ring (bicyclic) bond motifs is 1. The van der Waals surface area contributed by atoms with Crippen molar-refractivity contribution in [2.24, 2.45) is 5.92 Å². The zero-order valence-corrected chi connectivity index (χ0v) is 22.5. The van der Waals surface area contributed by atoms with Gasteiger partial charge in [-0.05, 0) is 50.7 Å². The van der Waals surface area contributed by atoms with Gasteiger partial charge in [0.2, 0.25) is 0 Å². The zero-order chi connectivity index (χ0) is 25.3. The number of esters is 1. The molecule has 0 atom stereocenters. The number of carbonyl (C=O) groups excluding carboxylic acids is 1. The average molecular weight is 450 g/mol. The lowest BCUT2D eigenvalue weighted by molar-refractivity contribution is -0.146. The monoisotopic (exact) mass is 449 g/mol. The van der Waals surface area contributed by atoms with E-state index in [4.69, 9.17) is 14.2 Å². The maximum Gasteiger partial charge on any atom is 0.308 e. The lowest BCUT2D eigenvalue weighted by atomic mass is 9.66. The normalized spacial score (nSPS) is 20.0. The van der Waals surface area contributed by atoms with Crippen molar-refractivity contribution in [3.8, 4) is 17.6 Å². The Morgan fingerprint density at radius 1 is 0.938 bits per heavy atom. The molecule has 3 rings (SSSR count). The first kappa shape index (κ1) is 32.0. The SMILES string of the molecule is CC.CC.CC.CC.COC(=O)C1CCC(C#N)(c2c(C)cc(C)c3c2OCCO3)CC1. The van der Waals surface area contributed by atoms with E-state index in [0.717, 1.165) is 28.2 Å². The molecule has 32 heavy (non-hydrogen) atoms. The second-order valence-corrected chi connectivity index (χ2v) is 6.73. The van der Waals surface area contributed by atoms with Gasteiger partial charge in [0.15, 0.2) is 11.5 Å². The molecule has 0 aromatic heterocycles. The van der Waals surface area contributed by atoms with Gasteiger partial charge >= 0.3 is 5.97 Å². The molecule has 0 saturated heterocycles. The maximum absolute atomic E-state index is 11.8. The third-order valence-electron chi connectivity index (χ3n) is 5.26. The molecule has 0 radical (unpaired) electrons. The minimum absolute atomic E-state index is 0.116. The van der Waals surface area contributed by atoms with Crippen LogP contribution in [-0.2, 0) is 14.9 Å². The van der Waals surface area contributed by atoms with Crippen molar-refractivity contribution in [1.29, 1.82) is 5.26 Å². The molecule has 184 valence electrons. The number of carbonyl (C=O) groups is 1. The molecule has 5 nitrogen and oxygen atoms in total. The molecule has 1 heterocycles. The fraction of sp³-hybridized carbons (Fsp3) is 0.704. The van der Waals surface area contributed by atoms with Crippen LogP contribution in [-0.4, -0.2) is 26.3 Å². The van der Waals surface area contributed by atoms with Gasteiger partial charge in [0.1, 0.15) is 13.2 Å². The number of rotatable bonds is 2. The van der Waals surface area contributed by atoms with E-state index in [2.05, 4.69) is 12.1 Å². The zero-order valence-electron chi connectivity index (χ0n) is 22.5. The van der Waals surface area contributed by atoms with E-state index in [0.29, 0.717) is 38.9 Å². The van der Waals surface area contributed by atoms with Gasteiger partial charge in [-0.1, -0.05) is 61.5 Å². The predicted molar refractivity (Wildman–Crippen MR) is 134 cm³/mol. The van der Waals surface area contributed by atoms with Crippen LogP contribution < -0.4 is 9.47 Å². The topological polar surface area (TPSA) is 68.6 Å². The fourth-order valence-electron chi connectivity index (χ4n) is 4.06. The van der Waals surface area contributed by atoms with Crippen molar-refractivity contribution in [2.75, 3.05) is 20.3 Å². The molecule has 1 aromatic carbocycles. The van der Waals surface area contributed by atoms with Crippen LogP contribution in [0.4, 0.5) is 0 Å². The molecule has 1 fully saturated rings. The van der Waals surface area contributed by atoms with Crippen molar-refractivity contribution in [2.45, 2.75) is 100 Å². The van der Waals surface area contributed by atoms with Crippen LogP contribution in [0.3, 0.4) is 0 Å². The van der Waals surface area contributed by atoms with Crippen LogP contribution in [0.2, 0.25) is 0 Å². The summed E-state index contributed by atoms with van der Waals surface area (Å²) >= 11 is 0.